The van der Waals surface area contributed by atoms with Gasteiger partial charge in [0, 0.05) is 38.3 Å². The van der Waals surface area contributed by atoms with Crippen molar-refractivity contribution in [3.63, 3.8) is 0 Å². The number of hydrogen-bond acceptors (Lipinski definition) is 2. The van der Waals surface area contributed by atoms with Gasteiger partial charge in [-0.1, -0.05) is 46.2 Å². The van der Waals surface area contributed by atoms with E-state index in [-0.39, 0.29) is 5.41 Å². The van der Waals surface area contributed by atoms with Gasteiger partial charge in [-0.3, -0.25) is 4.79 Å². The summed E-state index contributed by atoms with van der Waals surface area (Å²) in [7, 11) is 0. The molecular formula is C19H30N2O. The van der Waals surface area contributed by atoms with Gasteiger partial charge < -0.3 is 9.80 Å². The van der Waals surface area contributed by atoms with E-state index in [2.05, 4.69) is 56.9 Å². The third-order valence-electron chi connectivity index (χ3n) is 4.48. The minimum atomic E-state index is 0.197. The quantitative estimate of drug-likeness (QED) is 0.844. The number of nitrogens with zero attached hydrogens (tertiary/aromatic N) is 2. The van der Waals surface area contributed by atoms with Crippen LogP contribution in [0.1, 0.15) is 52.5 Å². The van der Waals surface area contributed by atoms with E-state index >= 15 is 0 Å². The number of rotatable bonds is 4. The second-order valence-electron chi connectivity index (χ2n) is 7.27. The van der Waals surface area contributed by atoms with Gasteiger partial charge in [-0.15, -0.1) is 0 Å². The molecule has 0 aliphatic carbocycles. The number of hydrogen-bond donors (Lipinski definition) is 0. The second-order valence-corrected chi connectivity index (χ2v) is 7.27. The van der Waals surface area contributed by atoms with E-state index < -0.39 is 0 Å². The minimum Gasteiger partial charge on any atom is -0.368 e. The van der Waals surface area contributed by atoms with E-state index in [4.69, 9.17) is 0 Å². The van der Waals surface area contributed by atoms with Gasteiger partial charge in [0.1, 0.15) is 0 Å². The van der Waals surface area contributed by atoms with Crippen molar-refractivity contribution in [2.24, 2.45) is 0 Å². The number of carbonyl (C=O) groups excluding carboxylic acids is 1. The van der Waals surface area contributed by atoms with E-state index in [9.17, 15) is 4.79 Å². The number of amides is 1. The summed E-state index contributed by atoms with van der Waals surface area (Å²) in [6.45, 7) is 12.4. The Labute approximate surface area is 135 Å². The van der Waals surface area contributed by atoms with Crippen LogP contribution in [0.2, 0.25) is 0 Å². The molecule has 0 radical (unpaired) electrons. The number of benzene rings is 1. The third kappa shape index (κ3) is 4.25. The van der Waals surface area contributed by atoms with Crippen molar-refractivity contribution in [3.05, 3.63) is 29.8 Å². The lowest BCUT2D eigenvalue weighted by Crippen LogP contribution is -2.48. The zero-order valence-electron chi connectivity index (χ0n) is 14.6. The predicted octanol–water partition coefficient (Wildman–Crippen LogP) is 3.82. The van der Waals surface area contributed by atoms with Crippen LogP contribution in [-0.4, -0.2) is 37.0 Å². The van der Waals surface area contributed by atoms with Crippen LogP contribution in [0.3, 0.4) is 0 Å². The summed E-state index contributed by atoms with van der Waals surface area (Å²) in [5.41, 5.74) is 2.83. The van der Waals surface area contributed by atoms with Crippen molar-refractivity contribution in [3.8, 4) is 0 Å². The average molecular weight is 302 g/mol. The Hall–Kier alpha value is -1.51. The molecule has 1 fully saturated rings. The number of unbranched alkanes of at least 4 members (excludes halogenated alkanes) is 1. The molecule has 0 N–H and O–H groups in total. The van der Waals surface area contributed by atoms with Gasteiger partial charge in [-0.25, -0.2) is 0 Å². The Morgan fingerprint density at radius 3 is 2.14 bits per heavy atom. The fraction of sp³-hybridized carbons (Fsp3) is 0.632. The summed E-state index contributed by atoms with van der Waals surface area (Å²) in [6, 6.07) is 8.90. The molecule has 3 heteroatoms. The van der Waals surface area contributed by atoms with Gasteiger partial charge in [0.2, 0.25) is 5.91 Å². The van der Waals surface area contributed by atoms with E-state index in [1.54, 1.807) is 0 Å². The highest BCUT2D eigenvalue weighted by molar-refractivity contribution is 5.76. The van der Waals surface area contributed by atoms with Crippen molar-refractivity contribution in [1.29, 1.82) is 0 Å². The molecule has 0 bridgehead atoms. The first-order valence-corrected chi connectivity index (χ1v) is 8.55. The molecule has 122 valence electrons. The molecular weight excluding hydrogens is 272 g/mol. The first-order valence-electron chi connectivity index (χ1n) is 8.55. The summed E-state index contributed by atoms with van der Waals surface area (Å²) in [4.78, 5) is 16.5. The van der Waals surface area contributed by atoms with Crippen molar-refractivity contribution in [2.45, 2.75) is 52.4 Å². The van der Waals surface area contributed by atoms with Crippen molar-refractivity contribution >= 4 is 11.6 Å². The molecule has 0 unspecified atom stereocenters. The van der Waals surface area contributed by atoms with Gasteiger partial charge in [-0.05, 0) is 29.5 Å². The Bertz CT molecular complexity index is 479. The Kier molecular flexibility index (Phi) is 5.49. The molecule has 1 amide bonds. The highest BCUT2D eigenvalue weighted by atomic mass is 16.2. The van der Waals surface area contributed by atoms with Crippen LogP contribution in [0.4, 0.5) is 5.69 Å². The molecule has 0 aromatic heterocycles. The van der Waals surface area contributed by atoms with Gasteiger partial charge in [0.25, 0.3) is 0 Å². The maximum absolute atomic E-state index is 12.1. The Morgan fingerprint density at radius 1 is 1.05 bits per heavy atom. The normalized spacial score (nSPS) is 16.0. The number of anilines is 1. The first kappa shape index (κ1) is 16.9. The second kappa shape index (κ2) is 7.17. The van der Waals surface area contributed by atoms with Crippen LogP contribution in [0.5, 0.6) is 0 Å². The first-order chi connectivity index (χ1) is 10.4. The highest BCUT2D eigenvalue weighted by Gasteiger charge is 2.21. The molecule has 1 aliphatic heterocycles. The van der Waals surface area contributed by atoms with Crippen LogP contribution >= 0.6 is 0 Å². The van der Waals surface area contributed by atoms with Crippen LogP contribution in [0.15, 0.2) is 24.3 Å². The van der Waals surface area contributed by atoms with E-state index in [1.807, 2.05) is 4.90 Å². The van der Waals surface area contributed by atoms with Gasteiger partial charge in [-0.2, -0.15) is 0 Å². The van der Waals surface area contributed by atoms with Crippen LogP contribution in [-0.2, 0) is 10.2 Å². The molecule has 1 heterocycles. The maximum atomic E-state index is 12.1. The van der Waals surface area contributed by atoms with Crippen LogP contribution in [0.25, 0.3) is 0 Å². The lowest BCUT2D eigenvalue weighted by molar-refractivity contribution is -0.131. The lowest BCUT2D eigenvalue weighted by Gasteiger charge is -2.36. The largest absolute Gasteiger partial charge is 0.368 e. The SMILES string of the molecule is CCCCC(=O)N1CCN(c2ccc(C(C)(C)C)cc2)CC1. The summed E-state index contributed by atoms with van der Waals surface area (Å²) in [6.07, 6.45) is 2.80. The summed E-state index contributed by atoms with van der Waals surface area (Å²) < 4.78 is 0. The molecule has 1 aliphatic rings. The molecule has 3 nitrogen and oxygen atoms in total. The summed E-state index contributed by atoms with van der Waals surface area (Å²) in [5.74, 6) is 0.324. The molecule has 22 heavy (non-hydrogen) atoms. The summed E-state index contributed by atoms with van der Waals surface area (Å²) >= 11 is 0. The minimum absolute atomic E-state index is 0.197. The topological polar surface area (TPSA) is 23.6 Å². The number of carbonyl (C=O) groups is 1. The van der Waals surface area contributed by atoms with Gasteiger partial charge >= 0.3 is 0 Å². The van der Waals surface area contributed by atoms with E-state index in [0.717, 1.165) is 39.0 Å². The molecule has 1 saturated heterocycles. The fourth-order valence-corrected chi connectivity index (χ4v) is 2.87. The zero-order valence-corrected chi connectivity index (χ0v) is 14.6. The molecule has 0 spiro atoms. The monoisotopic (exact) mass is 302 g/mol. The van der Waals surface area contributed by atoms with Crippen molar-refractivity contribution < 1.29 is 4.79 Å². The van der Waals surface area contributed by atoms with Crippen LogP contribution < -0.4 is 4.90 Å². The Morgan fingerprint density at radius 2 is 1.64 bits per heavy atom. The zero-order chi connectivity index (χ0) is 16.2. The third-order valence-corrected chi connectivity index (χ3v) is 4.48. The van der Waals surface area contributed by atoms with Crippen LogP contribution in [0, 0.1) is 0 Å². The smallest absolute Gasteiger partial charge is 0.222 e. The standard InChI is InChI=1S/C19H30N2O/c1-5-6-7-18(22)21-14-12-20(13-15-21)17-10-8-16(9-11-17)19(2,3)4/h8-11H,5-7,12-15H2,1-4H3. The van der Waals surface area contributed by atoms with Crippen molar-refractivity contribution in [2.75, 3.05) is 31.1 Å². The molecule has 1 aromatic carbocycles. The molecule has 0 saturated carbocycles. The molecule has 1 aromatic rings. The lowest BCUT2D eigenvalue weighted by atomic mass is 9.87. The molecule has 0 atom stereocenters. The molecule has 2 rings (SSSR count). The average Bonchev–Trinajstić information content (AvgIpc) is 2.52. The van der Waals surface area contributed by atoms with Crippen molar-refractivity contribution in [1.82, 2.24) is 4.90 Å². The Balaban J connectivity index is 1.90. The van der Waals surface area contributed by atoms with Gasteiger partial charge in [0.15, 0.2) is 0 Å². The summed E-state index contributed by atoms with van der Waals surface area (Å²) in [5, 5.41) is 0. The fourth-order valence-electron chi connectivity index (χ4n) is 2.87. The van der Waals surface area contributed by atoms with Gasteiger partial charge in [0.05, 0.1) is 0 Å². The highest BCUT2D eigenvalue weighted by Crippen LogP contribution is 2.25. The maximum Gasteiger partial charge on any atom is 0.222 e. The number of piperazine rings is 1. The van der Waals surface area contributed by atoms with E-state index in [0.29, 0.717) is 12.3 Å². The predicted molar refractivity (Wildman–Crippen MR) is 93.5 cm³/mol. The van der Waals surface area contributed by atoms with E-state index in [1.165, 1.54) is 11.3 Å².